The van der Waals surface area contributed by atoms with Crippen molar-refractivity contribution in [3.8, 4) is 0 Å². The van der Waals surface area contributed by atoms with Crippen LogP contribution >= 0.6 is 0 Å². The van der Waals surface area contributed by atoms with Crippen molar-refractivity contribution in [1.82, 2.24) is 5.32 Å². The van der Waals surface area contributed by atoms with Gasteiger partial charge in [0.2, 0.25) is 0 Å². The van der Waals surface area contributed by atoms with Gasteiger partial charge in [-0.15, -0.1) is 0 Å². The minimum atomic E-state index is 0.738. The van der Waals surface area contributed by atoms with E-state index in [0.717, 1.165) is 19.1 Å². The monoisotopic (exact) mass is 260 g/mol. The van der Waals surface area contributed by atoms with E-state index in [0.29, 0.717) is 0 Å². The summed E-state index contributed by atoms with van der Waals surface area (Å²) in [5.74, 6) is 0. The van der Waals surface area contributed by atoms with Crippen LogP contribution in [0, 0.1) is 0 Å². The fourth-order valence-electron chi connectivity index (χ4n) is 2.97. The first kappa shape index (κ1) is 14.4. The zero-order valence-corrected chi connectivity index (χ0v) is 12.5. The second-order valence-corrected chi connectivity index (χ2v) is 5.70. The SMILES string of the molecule is CCNCc1ccc(N(C)C2CCCCCC2)cc1. The predicted molar refractivity (Wildman–Crippen MR) is 83.7 cm³/mol. The number of benzene rings is 1. The topological polar surface area (TPSA) is 15.3 Å². The summed E-state index contributed by atoms with van der Waals surface area (Å²) in [5, 5.41) is 3.37. The molecule has 2 heteroatoms. The Hall–Kier alpha value is -1.02. The van der Waals surface area contributed by atoms with E-state index in [1.54, 1.807) is 0 Å². The van der Waals surface area contributed by atoms with Gasteiger partial charge in [-0.3, -0.25) is 0 Å². The van der Waals surface area contributed by atoms with Gasteiger partial charge in [-0.1, -0.05) is 44.7 Å². The molecule has 0 heterocycles. The Bertz CT molecular complexity index is 350. The Morgan fingerprint density at radius 2 is 1.68 bits per heavy atom. The minimum absolute atomic E-state index is 0.738. The van der Waals surface area contributed by atoms with Gasteiger partial charge >= 0.3 is 0 Å². The lowest BCUT2D eigenvalue weighted by molar-refractivity contribution is 0.553. The summed E-state index contributed by atoms with van der Waals surface area (Å²) in [4.78, 5) is 2.49. The molecular formula is C17H28N2. The Morgan fingerprint density at radius 3 is 2.26 bits per heavy atom. The molecule has 0 radical (unpaired) electrons. The van der Waals surface area contributed by atoms with Crippen molar-refractivity contribution in [2.75, 3.05) is 18.5 Å². The van der Waals surface area contributed by atoms with Gasteiger partial charge < -0.3 is 10.2 Å². The van der Waals surface area contributed by atoms with Crippen molar-refractivity contribution in [3.05, 3.63) is 29.8 Å². The molecule has 0 amide bonds. The van der Waals surface area contributed by atoms with Gasteiger partial charge in [0, 0.05) is 25.3 Å². The third-order valence-corrected chi connectivity index (χ3v) is 4.30. The number of anilines is 1. The molecule has 19 heavy (non-hydrogen) atoms. The standard InChI is InChI=1S/C17H28N2/c1-3-18-14-15-10-12-17(13-11-15)19(2)16-8-6-4-5-7-9-16/h10-13,16,18H,3-9,14H2,1-2H3. The molecule has 1 fully saturated rings. The molecule has 1 aliphatic carbocycles. The van der Waals surface area contributed by atoms with E-state index in [4.69, 9.17) is 0 Å². The van der Waals surface area contributed by atoms with Crippen LogP contribution < -0.4 is 10.2 Å². The lowest BCUT2D eigenvalue weighted by atomic mass is 10.1. The van der Waals surface area contributed by atoms with E-state index in [1.807, 2.05) is 0 Å². The second kappa shape index (κ2) is 7.54. The van der Waals surface area contributed by atoms with Crippen LogP contribution in [-0.2, 0) is 6.54 Å². The maximum absolute atomic E-state index is 3.37. The molecule has 1 aromatic rings. The fourth-order valence-corrected chi connectivity index (χ4v) is 2.97. The van der Waals surface area contributed by atoms with Gasteiger partial charge in [0.25, 0.3) is 0 Å². The van der Waals surface area contributed by atoms with Crippen LogP contribution in [0.1, 0.15) is 51.0 Å². The van der Waals surface area contributed by atoms with Crippen LogP contribution in [0.4, 0.5) is 5.69 Å². The molecule has 0 aliphatic heterocycles. The summed E-state index contributed by atoms with van der Waals surface area (Å²) in [5.41, 5.74) is 2.74. The first-order chi connectivity index (χ1) is 9.31. The van der Waals surface area contributed by atoms with Crippen molar-refractivity contribution in [2.24, 2.45) is 0 Å². The summed E-state index contributed by atoms with van der Waals surface area (Å²) >= 11 is 0. The van der Waals surface area contributed by atoms with Crippen molar-refractivity contribution in [2.45, 2.75) is 58.0 Å². The number of rotatable bonds is 5. The highest BCUT2D eigenvalue weighted by molar-refractivity contribution is 5.47. The predicted octanol–water partition coefficient (Wildman–Crippen LogP) is 3.96. The first-order valence-electron chi connectivity index (χ1n) is 7.83. The van der Waals surface area contributed by atoms with E-state index < -0.39 is 0 Å². The molecule has 1 aromatic carbocycles. The number of hydrogen-bond acceptors (Lipinski definition) is 2. The molecule has 2 nitrogen and oxygen atoms in total. The third kappa shape index (κ3) is 4.24. The number of nitrogens with one attached hydrogen (secondary N) is 1. The number of hydrogen-bond donors (Lipinski definition) is 1. The van der Waals surface area contributed by atoms with Crippen LogP contribution in [0.2, 0.25) is 0 Å². The Balaban J connectivity index is 1.95. The lowest BCUT2D eigenvalue weighted by Crippen LogP contribution is -2.31. The van der Waals surface area contributed by atoms with Crippen molar-refractivity contribution >= 4 is 5.69 Å². The summed E-state index contributed by atoms with van der Waals surface area (Å²) in [7, 11) is 2.26. The second-order valence-electron chi connectivity index (χ2n) is 5.70. The molecule has 1 N–H and O–H groups in total. The van der Waals surface area contributed by atoms with E-state index >= 15 is 0 Å². The van der Waals surface area contributed by atoms with Gasteiger partial charge in [0.1, 0.15) is 0 Å². The summed E-state index contributed by atoms with van der Waals surface area (Å²) in [6.07, 6.45) is 8.35. The van der Waals surface area contributed by atoms with Crippen molar-refractivity contribution in [3.63, 3.8) is 0 Å². The molecular weight excluding hydrogens is 232 g/mol. The molecule has 2 rings (SSSR count). The van der Waals surface area contributed by atoms with Crippen LogP contribution in [0.15, 0.2) is 24.3 Å². The third-order valence-electron chi connectivity index (χ3n) is 4.30. The fraction of sp³-hybridized carbons (Fsp3) is 0.647. The Labute approximate surface area is 118 Å². The molecule has 1 aliphatic rings. The Kier molecular flexibility index (Phi) is 5.71. The highest BCUT2D eigenvalue weighted by Crippen LogP contribution is 2.25. The van der Waals surface area contributed by atoms with Crippen molar-refractivity contribution in [1.29, 1.82) is 0 Å². The lowest BCUT2D eigenvalue weighted by Gasteiger charge is -2.29. The molecule has 0 atom stereocenters. The largest absolute Gasteiger partial charge is 0.372 e. The van der Waals surface area contributed by atoms with Crippen LogP contribution in [0.25, 0.3) is 0 Å². The van der Waals surface area contributed by atoms with E-state index in [-0.39, 0.29) is 0 Å². The van der Waals surface area contributed by atoms with Crippen LogP contribution in [0.3, 0.4) is 0 Å². The Morgan fingerprint density at radius 1 is 1.05 bits per heavy atom. The van der Waals surface area contributed by atoms with Crippen LogP contribution in [-0.4, -0.2) is 19.6 Å². The zero-order chi connectivity index (χ0) is 13.5. The number of nitrogens with zero attached hydrogens (tertiary/aromatic N) is 1. The normalized spacial score (nSPS) is 17.2. The minimum Gasteiger partial charge on any atom is -0.372 e. The van der Waals surface area contributed by atoms with Crippen molar-refractivity contribution < 1.29 is 0 Å². The average Bonchev–Trinajstić information content (AvgIpc) is 2.74. The highest BCUT2D eigenvalue weighted by atomic mass is 15.1. The zero-order valence-electron chi connectivity index (χ0n) is 12.5. The van der Waals surface area contributed by atoms with Gasteiger partial charge in [-0.2, -0.15) is 0 Å². The molecule has 0 spiro atoms. The molecule has 0 aromatic heterocycles. The van der Waals surface area contributed by atoms with Gasteiger partial charge in [-0.05, 0) is 37.1 Å². The van der Waals surface area contributed by atoms with E-state index in [9.17, 15) is 0 Å². The van der Waals surface area contributed by atoms with Gasteiger partial charge in [0.15, 0.2) is 0 Å². The highest BCUT2D eigenvalue weighted by Gasteiger charge is 2.17. The maximum atomic E-state index is 3.37. The van der Waals surface area contributed by atoms with Gasteiger partial charge in [0.05, 0.1) is 0 Å². The molecule has 0 bridgehead atoms. The molecule has 0 unspecified atom stereocenters. The molecule has 106 valence electrons. The maximum Gasteiger partial charge on any atom is 0.0366 e. The van der Waals surface area contributed by atoms with E-state index in [2.05, 4.69) is 48.5 Å². The molecule has 0 saturated heterocycles. The van der Waals surface area contributed by atoms with Crippen LogP contribution in [0.5, 0.6) is 0 Å². The summed E-state index contributed by atoms with van der Waals surface area (Å²) in [6.45, 7) is 4.15. The van der Waals surface area contributed by atoms with Gasteiger partial charge in [-0.25, -0.2) is 0 Å². The quantitative estimate of drug-likeness (QED) is 0.806. The van der Waals surface area contributed by atoms with E-state index in [1.165, 1.54) is 49.8 Å². The smallest absolute Gasteiger partial charge is 0.0366 e. The summed E-state index contributed by atoms with van der Waals surface area (Å²) < 4.78 is 0. The average molecular weight is 260 g/mol. The molecule has 1 saturated carbocycles. The summed E-state index contributed by atoms with van der Waals surface area (Å²) in [6, 6.07) is 9.80. The first-order valence-corrected chi connectivity index (χ1v) is 7.83.